The van der Waals surface area contributed by atoms with Gasteiger partial charge in [-0.3, -0.25) is 5.10 Å². The molecule has 1 aromatic carbocycles. The average molecular weight is 235 g/mol. The van der Waals surface area contributed by atoms with E-state index in [2.05, 4.69) is 31.0 Å². The first-order valence-electron chi connectivity index (χ1n) is 5.28. The summed E-state index contributed by atoms with van der Waals surface area (Å²) in [6, 6.07) is 7.80. The molecule has 0 spiro atoms. The van der Waals surface area contributed by atoms with Crippen LogP contribution in [0.25, 0.3) is 11.3 Å². The van der Waals surface area contributed by atoms with Crippen molar-refractivity contribution < 1.29 is 0 Å². The Labute approximate surface area is 101 Å². The summed E-state index contributed by atoms with van der Waals surface area (Å²) in [5.74, 6) is 0. The number of hydrogen-bond acceptors (Lipinski definition) is 1. The first-order chi connectivity index (χ1) is 7.48. The van der Waals surface area contributed by atoms with Crippen molar-refractivity contribution in [2.45, 2.75) is 26.2 Å². The van der Waals surface area contributed by atoms with E-state index >= 15 is 0 Å². The number of nitrogens with zero attached hydrogens (tertiary/aromatic N) is 1. The van der Waals surface area contributed by atoms with Crippen molar-refractivity contribution in [2.75, 3.05) is 0 Å². The second-order valence-corrected chi connectivity index (χ2v) is 5.35. The van der Waals surface area contributed by atoms with Crippen molar-refractivity contribution in [2.24, 2.45) is 0 Å². The summed E-state index contributed by atoms with van der Waals surface area (Å²) >= 11 is 5.88. The third kappa shape index (κ3) is 2.12. The smallest absolute Gasteiger partial charge is 0.0687 e. The molecule has 0 atom stereocenters. The van der Waals surface area contributed by atoms with Gasteiger partial charge in [0.15, 0.2) is 0 Å². The predicted octanol–water partition coefficient (Wildman–Crippen LogP) is 4.03. The van der Waals surface area contributed by atoms with Crippen LogP contribution in [0.1, 0.15) is 26.3 Å². The molecule has 1 aromatic heterocycles. The van der Waals surface area contributed by atoms with Crippen LogP contribution < -0.4 is 0 Å². The first-order valence-corrected chi connectivity index (χ1v) is 5.66. The van der Waals surface area contributed by atoms with Crippen molar-refractivity contribution in [1.29, 1.82) is 0 Å². The highest BCUT2D eigenvalue weighted by Crippen LogP contribution is 2.31. The number of rotatable bonds is 1. The lowest BCUT2D eigenvalue weighted by Crippen LogP contribution is -2.11. The molecule has 2 aromatic rings. The molecule has 0 bridgehead atoms. The lowest BCUT2D eigenvalue weighted by atomic mass is 9.86. The van der Waals surface area contributed by atoms with Gasteiger partial charge in [-0.25, -0.2) is 0 Å². The third-order valence-corrected chi connectivity index (χ3v) is 2.83. The summed E-state index contributed by atoms with van der Waals surface area (Å²) < 4.78 is 0. The number of hydrogen-bond donors (Lipinski definition) is 1. The van der Waals surface area contributed by atoms with E-state index in [0.29, 0.717) is 0 Å². The van der Waals surface area contributed by atoms with Crippen LogP contribution in [0.15, 0.2) is 30.5 Å². The quantitative estimate of drug-likeness (QED) is 0.793. The second-order valence-electron chi connectivity index (χ2n) is 4.92. The molecule has 0 aliphatic heterocycles. The summed E-state index contributed by atoms with van der Waals surface area (Å²) in [4.78, 5) is 0. The molecule has 2 rings (SSSR count). The van der Waals surface area contributed by atoms with Crippen molar-refractivity contribution in [3.63, 3.8) is 0 Å². The Kier molecular flexibility index (Phi) is 2.76. The molecule has 0 unspecified atom stereocenters. The number of benzene rings is 1. The van der Waals surface area contributed by atoms with Gasteiger partial charge in [0.25, 0.3) is 0 Å². The lowest BCUT2D eigenvalue weighted by molar-refractivity contribution is 0.592. The van der Waals surface area contributed by atoms with Gasteiger partial charge < -0.3 is 0 Å². The summed E-state index contributed by atoms with van der Waals surface area (Å²) in [6.07, 6.45) is 1.89. The maximum Gasteiger partial charge on any atom is 0.0687 e. The van der Waals surface area contributed by atoms with E-state index in [4.69, 9.17) is 11.6 Å². The Hall–Kier alpha value is -1.28. The van der Waals surface area contributed by atoms with Crippen LogP contribution in [0.2, 0.25) is 5.02 Å². The summed E-state index contributed by atoms with van der Waals surface area (Å²) in [6.45, 7) is 6.53. The molecule has 16 heavy (non-hydrogen) atoms. The number of nitrogens with one attached hydrogen (secondary N) is 1. The minimum Gasteiger partial charge on any atom is -0.278 e. The standard InChI is InChI=1S/C13H15ClN2/c1-13(2,3)11-8-15-16-12(11)9-4-6-10(14)7-5-9/h4-8H,1-3H3,(H,15,16). The molecule has 2 nitrogen and oxygen atoms in total. The van der Waals surface area contributed by atoms with E-state index in [1.54, 1.807) is 0 Å². The molecule has 0 amide bonds. The molecular formula is C13H15ClN2. The van der Waals surface area contributed by atoms with E-state index < -0.39 is 0 Å². The molecule has 1 heterocycles. The van der Waals surface area contributed by atoms with E-state index in [0.717, 1.165) is 16.3 Å². The van der Waals surface area contributed by atoms with E-state index in [1.807, 2.05) is 30.5 Å². The van der Waals surface area contributed by atoms with Gasteiger partial charge in [0.05, 0.1) is 11.9 Å². The van der Waals surface area contributed by atoms with Gasteiger partial charge in [0.1, 0.15) is 0 Å². The average Bonchev–Trinajstić information content (AvgIpc) is 2.66. The Morgan fingerprint density at radius 1 is 1.12 bits per heavy atom. The Morgan fingerprint density at radius 3 is 2.31 bits per heavy atom. The molecule has 0 radical (unpaired) electrons. The maximum absolute atomic E-state index is 5.88. The van der Waals surface area contributed by atoms with Gasteiger partial charge in [-0.15, -0.1) is 0 Å². The fourth-order valence-electron chi connectivity index (χ4n) is 1.69. The first kappa shape index (κ1) is 11.2. The topological polar surface area (TPSA) is 28.7 Å². The minimum absolute atomic E-state index is 0.0853. The van der Waals surface area contributed by atoms with Crippen LogP contribution >= 0.6 is 11.6 Å². The highest BCUT2D eigenvalue weighted by molar-refractivity contribution is 6.30. The van der Waals surface area contributed by atoms with Crippen LogP contribution in [-0.4, -0.2) is 10.2 Å². The van der Waals surface area contributed by atoms with Gasteiger partial charge in [-0.2, -0.15) is 5.10 Å². The maximum atomic E-state index is 5.88. The van der Waals surface area contributed by atoms with Gasteiger partial charge >= 0.3 is 0 Å². The van der Waals surface area contributed by atoms with Crippen LogP contribution in [-0.2, 0) is 5.41 Å². The van der Waals surface area contributed by atoms with Crippen LogP contribution in [0, 0.1) is 0 Å². The third-order valence-electron chi connectivity index (χ3n) is 2.58. The van der Waals surface area contributed by atoms with E-state index in [-0.39, 0.29) is 5.41 Å². The SMILES string of the molecule is CC(C)(C)c1cn[nH]c1-c1ccc(Cl)cc1. The molecule has 3 heteroatoms. The zero-order valence-electron chi connectivity index (χ0n) is 9.71. The molecule has 0 fully saturated rings. The van der Waals surface area contributed by atoms with Crippen LogP contribution in [0.4, 0.5) is 0 Å². The molecule has 0 aliphatic rings. The molecule has 0 saturated heterocycles. The van der Waals surface area contributed by atoms with E-state index in [1.165, 1.54) is 5.56 Å². The molecule has 0 aliphatic carbocycles. The van der Waals surface area contributed by atoms with Gasteiger partial charge in [0, 0.05) is 10.6 Å². The van der Waals surface area contributed by atoms with Crippen molar-refractivity contribution >= 4 is 11.6 Å². The zero-order valence-corrected chi connectivity index (χ0v) is 10.5. The highest BCUT2D eigenvalue weighted by atomic mass is 35.5. The normalized spacial score (nSPS) is 11.8. The zero-order chi connectivity index (χ0) is 11.8. The molecule has 1 N–H and O–H groups in total. The summed E-state index contributed by atoms with van der Waals surface area (Å²) in [5, 5.41) is 7.93. The van der Waals surface area contributed by atoms with Crippen LogP contribution in [0.3, 0.4) is 0 Å². The van der Waals surface area contributed by atoms with Crippen molar-refractivity contribution in [3.8, 4) is 11.3 Å². The fourth-order valence-corrected chi connectivity index (χ4v) is 1.82. The second kappa shape index (κ2) is 3.95. The monoisotopic (exact) mass is 234 g/mol. The van der Waals surface area contributed by atoms with E-state index in [9.17, 15) is 0 Å². The highest BCUT2D eigenvalue weighted by Gasteiger charge is 2.20. The lowest BCUT2D eigenvalue weighted by Gasteiger charge is -2.18. The number of H-pyrrole nitrogens is 1. The Balaban J connectivity index is 2.49. The Morgan fingerprint density at radius 2 is 1.75 bits per heavy atom. The van der Waals surface area contributed by atoms with Gasteiger partial charge in [-0.1, -0.05) is 44.5 Å². The summed E-state index contributed by atoms with van der Waals surface area (Å²) in [5.41, 5.74) is 3.49. The largest absolute Gasteiger partial charge is 0.278 e. The van der Waals surface area contributed by atoms with Gasteiger partial charge in [-0.05, 0) is 23.1 Å². The molecule has 0 saturated carbocycles. The number of aromatic nitrogens is 2. The fraction of sp³-hybridized carbons (Fsp3) is 0.308. The number of halogens is 1. The van der Waals surface area contributed by atoms with Crippen LogP contribution in [0.5, 0.6) is 0 Å². The summed E-state index contributed by atoms with van der Waals surface area (Å²) in [7, 11) is 0. The molecule has 84 valence electrons. The predicted molar refractivity (Wildman–Crippen MR) is 67.7 cm³/mol. The van der Waals surface area contributed by atoms with Crippen molar-refractivity contribution in [1.82, 2.24) is 10.2 Å². The van der Waals surface area contributed by atoms with Gasteiger partial charge in [0.2, 0.25) is 0 Å². The Bertz CT molecular complexity index is 477. The number of aromatic amines is 1. The molecular weight excluding hydrogens is 220 g/mol. The minimum atomic E-state index is 0.0853. The van der Waals surface area contributed by atoms with Crippen molar-refractivity contribution in [3.05, 3.63) is 41.0 Å².